The Morgan fingerprint density at radius 3 is 2.44 bits per heavy atom. The standard InChI is InChI=1S/C10H9F3N2O3/c1-6(14-9(16)10(11,12)13)7-4-2-3-5-8(7)15(17)18/h2-6H,1H3,(H,14,16)/t6-/m1/s1. The number of nitrogens with one attached hydrogen (secondary N) is 1. The number of benzene rings is 1. The maximum absolute atomic E-state index is 12.0. The van der Waals surface area contributed by atoms with E-state index >= 15 is 0 Å². The monoisotopic (exact) mass is 262 g/mol. The zero-order valence-electron chi connectivity index (χ0n) is 9.19. The molecule has 1 atom stereocenters. The number of hydrogen-bond acceptors (Lipinski definition) is 3. The maximum Gasteiger partial charge on any atom is 0.471 e. The largest absolute Gasteiger partial charge is 0.471 e. The number of carbonyl (C=O) groups is 1. The van der Waals surface area contributed by atoms with Crippen LogP contribution in [-0.4, -0.2) is 17.0 Å². The summed E-state index contributed by atoms with van der Waals surface area (Å²) in [5.74, 6) is -2.13. The molecule has 0 fully saturated rings. The van der Waals surface area contributed by atoms with Crippen molar-refractivity contribution < 1.29 is 22.9 Å². The molecule has 8 heteroatoms. The molecule has 5 nitrogen and oxygen atoms in total. The van der Waals surface area contributed by atoms with Gasteiger partial charge in [0.1, 0.15) is 0 Å². The minimum absolute atomic E-state index is 0.0140. The van der Waals surface area contributed by atoms with Crippen molar-refractivity contribution in [2.45, 2.75) is 19.1 Å². The van der Waals surface area contributed by atoms with Crippen molar-refractivity contribution in [3.63, 3.8) is 0 Å². The van der Waals surface area contributed by atoms with Crippen molar-refractivity contribution in [3.05, 3.63) is 39.9 Å². The average Bonchev–Trinajstić information content (AvgIpc) is 2.27. The van der Waals surface area contributed by atoms with Gasteiger partial charge in [0.25, 0.3) is 5.69 Å². The Morgan fingerprint density at radius 1 is 1.39 bits per heavy atom. The summed E-state index contributed by atoms with van der Waals surface area (Å²) in [5.41, 5.74) is -0.326. The summed E-state index contributed by atoms with van der Waals surface area (Å²) in [5, 5.41) is 12.3. The predicted molar refractivity (Wildman–Crippen MR) is 55.7 cm³/mol. The van der Waals surface area contributed by atoms with Crippen LogP contribution in [0.3, 0.4) is 0 Å². The molecule has 0 aliphatic rings. The van der Waals surface area contributed by atoms with Crippen LogP contribution in [0.1, 0.15) is 18.5 Å². The number of nitro benzene ring substituents is 1. The quantitative estimate of drug-likeness (QED) is 0.671. The number of nitro groups is 1. The summed E-state index contributed by atoms with van der Waals surface area (Å²) in [7, 11) is 0. The summed E-state index contributed by atoms with van der Waals surface area (Å²) < 4.78 is 36.1. The van der Waals surface area contributed by atoms with E-state index in [1.165, 1.54) is 25.1 Å². The molecule has 0 bridgehead atoms. The van der Waals surface area contributed by atoms with Crippen molar-refractivity contribution in [2.24, 2.45) is 0 Å². The fraction of sp³-hybridized carbons (Fsp3) is 0.300. The molecule has 0 radical (unpaired) electrons. The van der Waals surface area contributed by atoms with E-state index in [2.05, 4.69) is 0 Å². The van der Waals surface area contributed by atoms with Gasteiger partial charge >= 0.3 is 12.1 Å². The molecule has 1 amide bonds. The number of alkyl halides is 3. The summed E-state index contributed by atoms with van der Waals surface area (Å²) >= 11 is 0. The third kappa shape index (κ3) is 3.19. The van der Waals surface area contributed by atoms with Gasteiger partial charge in [-0.3, -0.25) is 14.9 Å². The summed E-state index contributed by atoms with van der Waals surface area (Å²) in [6, 6.07) is 4.17. The number of amides is 1. The van der Waals surface area contributed by atoms with Gasteiger partial charge in [-0.2, -0.15) is 13.2 Å². The Balaban J connectivity index is 2.95. The van der Waals surface area contributed by atoms with E-state index in [1.54, 1.807) is 5.32 Å². The van der Waals surface area contributed by atoms with Crippen LogP contribution in [0.2, 0.25) is 0 Å². The topological polar surface area (TPSA) is 72.2 Å². The molecule has 0 unspecified atom stereocenters. The third-order valence-corrected chi connectivity index (χ3v) is 2.21. The van der Waals surface area contributed by atoms with Crippen LogP contribution in [-0.2, 0) is 4.79 Å². The average molecular weight is 262 g/mol. The number of rotatable bonds is 3. The van der Waals surface area contributed by atoms with E-state index in [0.717, 1.165) is 6.07 Å². The number of hydrogen-bond donors (Lipinski definition) is 1. The molecule has 1 N–H and O–H groups in total. The highest BCUT2D eigenvalue weighted by Crippen LogP contribution is 2.25. The van der Waals surface area contributed by atoms with Crippen molar-refractivity contribution in [1.82, 2.24) is 5.32 Å². The second-order valence-corrected chi connectivity index (χ2v) is 3.51. The molecule has 0 heterocycles. The van der Waals surface area contributed by atoms with Gasteiger partial charge in [-0.05, 0) is 6.92 Å². The van der Waals surface area contributed by atoms with Crippen LogP contribution < -0.4 is 5.32 Å². The summed E-state index contributed by atoms with van der Waals surface area (Å²) in [6.07, 6.45) is -5.02. The van der Waals surface area contributed by atoms with Crippen LogP contribution in [0.4, 0.5) is 18.9 Å². The molecule has 0 spiro atoms. The zero-order chi connectivity index (χ0) is 13.9. The van der Waals surface area contributed by atoms with Gasteiger partial charge < -0.3 is 5.32 Å². The van der Waals surface area contributed by atoms with Crippen LogP contribution >= 0.6 is 0 Å². The molecule has 0 aromatic heterocycles. The van der Waals surface area contributed by atoms with Gasteiger partial charge in [0.2, 0.25) is 0 Å². The van der Waals surface area contributed by atoms with Crippen LogP contribution in [0.15, 0.2) is 24.3 Å². The molecule has 0 aliphatic carbocycles. The van der Waals surface area contributed by atoms with Gasteiger partial charge in [0.15, 0.2) is 0 Å². The van der Waals surface area contributed by atoms with Gasteiger partial charge in [-0.25, -0.2) is 0 Å². The molecule has 1 aromatic rings. The normalized spacial score (nSPS) is 12.9. The molecule has 0 saturated heterocycles. The van der Waals surface area contributed by atoms with E-state index < -0.39 is 23.0 Å². The molecular formula is C10H9F3N2O3. The first kappa shape index (κ1) is 13.9. The number of carbonyl (C=O) groups excluding carboxylic acids is 1. The second-order valence-electron chi connectivity index (χ2n) is 3.51. The lowest BCUT2D eigenvalue weighted by atomic mass is 10.1. The van der Waals surface area contributed by atoms with Crippen LogP contribution in [0.25, 0.3) is 0 Å². The Morgan fingerprint density at radius 2 is 1.94 bits per heavy atom. The van der Waals surface area contributed by atoms with E-state index in [0.29, 0.717) is 0 Å². The van der Waals surface area contributed by atoms with Crippen LogP contribution in [0, 0.1) is 10.1 Å². The molecular weight excluding hydrogens is 253 g/mol. The van der Waals surface area contributed by atoms with Crippen molar-refractivity contribution in [1.29, 1.82) is 0 Å². The number of halogens is 3. The van der Waals surface area contributed by atoms with Crippen molar-refractivity contribution in [3.8, 4) is 0 Å². The maximum atomic E-state index is 12.0. The van der Waals surface area contributed by atoms with Crippen LogP contribution in [0.5, 0.6) is 0 Å². The van der Waals surface area contributed by atoms with Gasteiger partial charge in [-0.1, -0.05) is 18.2 Å². The smallest absolute Gasteiger partial charge is 0.341 e. The molecule has 18 heavy (non-hydrogen) atoms. The Kier molecular flexibility index (Phi) is 3.89. The highest BCUT2D eigenvalue weighted by atomic mass is 19.4. The van der Waals surface area contributed by atoms with Gasteiger partial charge in [0.05, 0.1) is 16.5 Å². The Labute approximate surface area is 99.8 Å². The Hall–Kier alpha value is -2.12. The first-order valence-corrected chi connectivity index (χ1v) is 4.84. The highest BCUT2D eigenvalue weighted by Gasteiger charge is 2.39. The highest BCUT2D eigenvalue weighted by molar-refractivity contribution is 5.82. The third-order valence-electron chi connectivity index (χ3n) is 2.21. The lowest BCUT2D eigenvalue weighted by Crippen LogP contribution is -2.38. The number of nitrogens with zero attached hydrogens (tertiary/aromatic N) is 1. The minimum Gasteiger partial charge on any atom is -0.341 e. The fourth-order valence-corrected chi connectivity index (χ4v) is 1.38. The lowest BCUT2D eigenvalue weighted by Gasteiger charge is -2.15. The lowest BCUT2D eigenvalue weighted by molar-refractivity contribution is -0.385. The first-order chi connectivity index (χ1) is 8.23. The zero-order valence-corrected chi connectivity index (χ0v) is 9.19. The summed E-state index contributed by atoms with van der Waals surface area (Å²) in [6.45, 7) is 1.24. The van der Waals surface area contributed by atoms with E-state index in [1.807, 2.05) is 0 Å². The van der Waals surface area contributed by atoms with Crippen molar-refractivity contribution in [2.75, 3.05) is 0 Å². The van der Waals surface area contributed by atoms with E-state index in [-0.39, 0.29) is 11.3 Å². The molecule has 0 aliphatic heterocycles. The molecule has 1 aromatic carbocycles. The number of para-hydroxylation sites is 1. The molecule has 1 rings (SSSR count). The molecule has 98 valence electrons. The minimum atomic E-state index is -5.02. The van der Waals surface area contributed by atoms with E-state index in [9.17, 15) is 28.1 Å². The SMILES string of the molecule is C[C@@H](NC(=O)C(F)(F)F)c1ccccc1[N+](=O)[O-]. The first-order valence-electron chi connectivity index (χ1n) is 4.84. The van der Waals surface area contributed by atoms with Crippen molar-refractivity contribution >= 4 is 11.6 Å². The molecule has 0 saturated carbocycles. The predicted octanol–water partition coefficient (Wildman–Crippen LogP) is 2.33. The summed E-state index contributed by atoms with van der Waals surface area (Å²) in [4.78, 5) is 20.7. The van der Waals surface area contributed by atoms with E-state index in [4.69, 9.17) is 0 Å². The van der Waals surface area contributed by atoms with Gasteiger partial charge in [0, 0.05) is 6.07 Å². The fourth-order valence-electron chi connectivity index (χ4n) is 1.38. The van der Waals surface area contributed by atoms with Gasteiger partial charge in [-0.15, -0.1) is 0 Å². The second kappa shape index (κ2) is 5.03. The Bertz CT molecular complexity index is 474.